The Hall–Kier alpha value is -3.27. The fourth-order valence-corrected chi connectivity index (χ4v) is 2.91. The zero-order chi connectivity index (χ0) is 20.1. The standard InChI is InChI=1S/C18H14F3N3O3S/c1-26-14-4-2-3-12(9-14)22-16(25)15-10-28-17(24-15)23-11-5-7-13(8-6-11)27-18(19,20)21/h2-10H,1H3,(H,22,25)(H,23,24). The van der Waals surface area contributed by atoms with Crippen molar-refractivity contribution < 1.29 is 27.4 Å². The van der Waals surface area contributed by atoms with Crippen molar-refractivity contribution >= 4 is 33.8 Å². The zero-order valence-corrected chi connectivity index (χ0v) is 15.2. The van der Waals surface area contributed by atoms with Crippen molar-refractivity contribution in [2.45, 2.75) is 6.36 Å². The molecule has 0 saturated heterocycles. The number of carbonyl (C=O) groups is 1. The van der Waals surface area contributed by atoms with Crippen molar-refractivity contribution in [1.82, 2.24) is 4.98 Å². The topological polar surface area (TPSA) is 72.5 Å². The summed E-state index contributed by atoms with van der Waals surface area (Å²) in [7, 11) is 1.53. The van der Waals surface area contributed by atoms with E-state index in [2.05, 4.69) is 20.4 Å². The number of hydrogen-bond donors (Lipinski definition) is 2. The number of methoxy groups -OCH3 is 1. The van der Waals surface area contributed by atoms with Crippen LogP contribution < -0.4 is 20.1 Å². The minimum absolute atomic E-state index is 0.201. The molecular formula is C18H14F3N3O3S. The Morgan fingerprint density at radius 1 is 1.07 bits per heavy atom. The maximum atomic E-state index is 12.3. The highest BCUT2D eigenvalue weighted by Crippen LogP contribution is 2.26. The maximum Gasteiger partial charge on any atom is 0.573 e. The predicted molar refractivity (Wildman–Crippen MR) is 99.5 cm³/mol. The van der Waals surface area contributed by atoms with Gasteiger partial charge in [-0.05, 0) is 36.4 Å². The molecule has 10 heteroatoms. The molecular weight excluding hydrogens is 395 g/mol. The lowest BCUT2D eigenvalue weighted by molar-refractivity contribution is -0.274. The van der Waals surface area contributed by atoms with Crippen molar-refractivity contribution in [3.05, 3.63) is 59.6 Å². The summed E-state index contributed by atoms with van der Waals surface area (Å²) in [6.07, 6.45) is -4.74. The molecule has 2 N–H and O–H groups in total. The number of benzene rings is 2. The molecule has 146 valence electrons. The summed E-state index contributed by atoms with van der Waals surface area (Å²) in [6.45, 7) is 0. The molecule has 0 fully saturated rings. The molecule has 1 heterocycles. The van der Waals surface area contributed by atoms with Gasteiger partial charge >= 0.3 is 6.36 Å². The second kappa shape index (κ2) is 8.17. The van der Waals surface area contributed by atoms with Crippen LogP contribution in [0.3, 0.4) is 0 Å². The SMILES string of the molecule is COc1cccc(NC(=O)c2csc(Nc3ccc(OC(F)(F)F)cc3)n2)c1. The Balaban J connectivity index is 1.62. The van der Waals surface area contributed by atoms with E-state index in [0.717, 1.165) is 0 Å². The Bertz CT molecular complexity index is 958. The maximum absolute atomic E-state index is 12.3. The summed E-state index contributed by atoms with van der Waals surface area (Å²) in [6, 6.07) is 12.1. The summed E-state index contributed by atoms with van der Waals surface area (Å²) in [5.41, 5.74) is 1.27. The third-order valence-corrected chi connectivity index (χ3v) is 4.16. The summed E-state index contributed by atoms with van der Waals surface area (Å²) >= 11 is 1.19. The number of amides is 1. The molecule has 0 bridgehead atoms. The largest absolute Gasteiger partial charge is 0.573 e. The highest BCUT2D eigenvalue weighted by Gasteiger charge is 2.30. The third-order valence-electron chi connectivity index (χ3n) is 3.40. The van der Waals surface area contributed by atoms with E-state index >= 15 is 0 Å². The van der Waals surface area contributed by atoms with Crippen LogP contribution in [0.5, 0.6) is 11.5 Å². The van der Waals surface area contributed by atoms with Gasteiger partial charge in [0.05, 0.1) is 7.11 Å². The van der Waals surface area contributed by atoms with E-state index in [-0.39, 0.29) is 11.4 Å². The number of hydrogen-bond acceptors (Lipinski definition) is 6. The van der Waals surface area contributed by atoms with E-state index in [9.17, 15) is 18.0 Å². The van der Waals surface area contributed by atoms with Crippen LogP contribution in [0.15, 0.2) is 53.9 Å². The second-order valence-corrected chi connectivity index (χ2v) is 6.28. The van der Waals surface area contributed by atoms with Crippen LogP contribution in [0, 0.1) is 0 Å². The van der Waals surface area contributed by atoms with Crippen LogP contribution in [-0.4, -0.2) is 24.4 Å². The smallest absolute Gasteiger partial charge is 0.497 e. The van der Waals surface area contributed by atoms with E-state index in [4.69, 9.17) is 4.74 Å². The number of nitrogens with zero attached hydrogens (tertiary/aromatic N) is 1. The Morgan fingerprint density at radius 3 is 2.50 bits per heavy atom. The molecule has 0 aliphatic carbocycles. The van der Waals surface area contributed by atoms with Gasteiger partial charge in [0.25, 0.3) is 5.91 Å². The number of alkyl halides is 3. The fourth-order valence-electron chi connectivity index (χ4n) is 2.19. The first-order chi connectivity index (χ1) is 13.3. The van der Waals surface area contributed by atoms with Gasteiger partial charge in [0.2, 0.25) is 0 Å². The van der Waals surface area contributed by atoms with Crippen molar-refractivity contribution in [1.29, 1.82) is 0 Å². The fraction of sp³-hybridized carbons (Fsp3) is 0.111. The highest BCUT2D eigenvalue weighted by atomic mass is 32.1. The molecule has 3 rings (SSSR count). The number of rotatable bonds is 6. The number of nitrogens with one attached hydrogen (secondary N) is 2. The number of thiazole rings is 1. The van der Waals surface area contributed by atoms with Crippen LogP contribution >= 0.6 is 11.3 Å². The average molecular weight is 409 g/mol. The van der Waals surface area contributed by atoms with Crippen LogP contribution in [0.4, 0.5) is 29.7 Å². The number of aromatic nitrogens is 1. The van der Waals surface area contributed by atoms with Crippen molar-refractivity contribution in [2.24, 2.45) is 0 Å². The van der Waals surface area contributed by atoms with Gasteiger partial charge in [0, 0.05) is 22.8 Å². The lowest BCUT2D eigenvalue weighted by atomic mass is 10.3. The van der Waals surface area contributed by atoms with E-state index in [0.29, 0.717) is 22.3 Å². The summed E-state index contributed by atoms with van der Waals surface area (Å²) < 4.78 is 45.4. The molecule has 1 amide bonds. The molecule has 6 nitrogen and oxygen atoms in total. The van der Waals surface area contributed by atoms with E-state index in [1.54, 1.807) is 29.6 Å². The van der Waals surface area contributed by atoms with Gasteiger partial charge in [-0.2, -0.15) is 0 Å². The Labute approximate surface area is 161 Å². The summed E-state index contributed by atoms with van der Waals surface area (Å²) in [5, 5.41) is 7.62. The van der Waals surface area contributed by atoms with Crippen LogP contribution in [-0.2, 0) is 0 Å². The quantitative estimate of drug-likeness (QED) is 0.596. The molecule has 0 aliphatic rings. The molecule has 0 aliphatic heterocycles. The van der Waals surface area contributed by atoms with Gasteiger partial charge in [-0.25, -0.2) is 4.98 Å². The number of carbonyl (C=O) groups excluding carboxylic acids is 1. The number of halogens is 3. The molecule has 0 spiro atoms. The first-order valence-electron chi connectivity index (χ1n) is 7.86. The molecule has 2 aromatic carbocycles. The monoisotopic (exact) mass is 409 g/mol. The van der Waals surface area contributed by atoms with Gasteiger partial charge in [-0.3, -0.25) is 4.79 Å². The van der Waals surface area contributed by atoms with Crippen molar-refractivity contribution in [3.8, 4) is 11.5 Å². The van der Waals surface area contributed by atoms with Crippen LogP contribution in [0.2, 0.25) is 0 Å². The predicted octanol–water partition coefficient (Wildman–Crippen LogP) is 5.05. The van der Waals surface area contributed by atoms with Crippen molar-refractivity contribution in [3.63, 3.8) is 0 Å². The third kappa shape index (κ3) is 5.36. The van der Waals surface area contributed by atoms with Gasteiger partial charge in [0.15, 0.2) is 5.13 Å². The molecule has 0 atom stereocenters. The number of ether oxygens (including phenoxy) is 2. The summed E-state index contributed by atoms with van der Waals surface area (Å²) in [4.78, 5) is 16.5. The second-order valence-electron chi connectivity index (χ2n) is 5.42. The van der Waals surface area contributed by atoms with Crippen molar-refractivity contribution in [2.75, 3.05) is 17.7 Å². The van der Waals surface area contributed by atoms with Gasteiger partial charge in [0.1, 0.15) is 17.2 Å². The Morgan fingerprint density at radius 2 is 1.82 bits per heavy atom. The zero-order valence-electron chi connectivity index (χ0n) is 14.4. The van der Waals surface area contributed by atoms with E-state index in [1.807, 2.05) is 0 Å². The normalized spacial score (nSPS) is 11.0. The highest BCUT2D eigenvalue weighted by molar-refractivity contribution is 7.14. The van der Waals surface area contributed by atoms with E-state index in [1.165, 1.54) is 42.7 Å². The Kier molecular flexibility index (Phi) is 5.69. The summed E-state index contributed by atoms with van der Waals surface area (Å²) in [5.74, 6) is -0.113. The molecule has 0 saturated carbocycles. The minimum Gasteiger partial charge on any atom is -0.497 e. The van der Waals surface area contributed by atoms with Gasteiger partial charge < -0.3 is 20.1 Å². The lowest BCUT2D eigenvalue weighted by Gasteiger charge is -2.09. The molecule has 0 radical (unpaired) electrons. The molecule has 0 unspecified atom stereocenters. The molecule has 1 aromatic heterocycles. The van der Waals surface area contributed by atoms with Gasteiger partial charge in [-0.1, -0.05) is 6.07 Å². The average Bonchev–Trinajstić information content (AvgIpc) is 3.11. The molecule has 28 heavy (non-hydrogen) atoms. The van der Waals surface area contributed by atoms with E-state index < -0.39 is 12.3 Å². The van der Waals surface area contributed by atoms with Gasteiger partial charge in [-0.15, -0.1) is 24.5 Å². The minimum atomic E-state index is -4.74. The van der Waals surface area contributed by atoms with Crippen LogP contribution in [0.25, 0.3) is 0 Å². The lowest BCUT2D eigenvalue weighted by Crippen LogP contribution is -2.16. The molecule has 3 aromatic rings. The first kappa shape index (κ1) is 19.5. The number of anilines is 3. The van der Waals surface area contributed by atoms with Crippen LogP contribution in [0.1, 0.15) is 10.5 Å². The first-order valence-corrected chi connectivity index (χ1v) is 8.74.